The summed E-state index contributed by atoms with van der Waals surface area (Å²) in [6, 6.07) is 23.8. The maximum Gasteiger partial charge on any atom is 0.101 e. The highest BCUT2D eigenvalue weighted by Gasteiger charge is 2.15. The van der Waals surface area contributed by atoms with Crippen LogP contribution in [0.3, 0.4) is 0 Å². The first-order chi connectivity index (χ1) is 15.6. The van der Waals surface area contributed by atoms with Crippen LogP contribution in [0.25, 0.3) is 27.6 Å². The Labute approximate surface area is 193 Å². The van der Waals surface area contributed by atoms with Gasteiger partial charge in [0, 0.05) is 22.4 Å². The lowest BCUT2D eigenvalue weighted by atomic mass is 9.96. The summed E-state index contributed by atoms with van der Waals surface area (Å²) in [5, 5.41) is 15.2. The zero-order valence-corrected chi connectivity index (χ0v) is 19.0. The van der Waals surface area contributed by atoms with Crippen LogP contribution >= 0.6 is 11.8 Å². The average molecular weight is 436 g/mol. The number of nitrogens with zero attached hydrogens (tertiary/aromatic N) is 1. The molecule has 3 nitrogen and oxygen atoms in total. The minimum atomic E-state index is 0.0131. The predicted molar refractivity (Wildman–Crippen MR) is 137 cm³/mol. The molecule has 0 fully saturated rings. The fourth-order valence-corrected chi connectivity index (χ4v) is 4.60. The van der Waals surface area contributed by atoms with Crippen LogP contribution in [0.15, 0.2) is 107 Å². The van der Waals surface area contributed by atoms with E-state index in [-0.39, 0.29) is 6.04 Å². The number of rotatable bonds is 5. The van der Waals surface area contributed by atoms with Crippen molar-refractivity contribution in [3.05, 3.63) is 108 Å². The fraction of sp³-hybridized carbons (Fsp3) is 0.107. The third kappa shape index (κ3) is 4.34. The van der Waals surface area contributed by atoms with Crippen molar-refractivity contribution in [3.63, 3.8) is 0 Å². The molecule has 3 aromatic rings. The summed E-state index contributed by atoms with van der Waals surface area (Å²) in [4.78, 5) is 1.27. The number of thioether (sulfide) groups is 1. The van der Waals surface area contributed by atoms with E-state index in [2.05, 4.69) is 96.5 Å². The molecule has 1 unspecified atom stereocenters. The molecule has 4 heteroatoms. The van der Waals surface area contributed by atoms with E-state index < -0.39 is 0 Å². The molecule has 0 radical (unpaired) electrons. The molecule has 1 atom stereocenters. The first-order valence-electron chi connectivity index (χ1n) is 10.5. The molecule has 0 amide bonds. The zero-order chi connectivity index (χ0) is 22.5. The summed E-state index contributed by atoms with van der Waals surface area (Å²) < 4.78 is 0. The van der Waals surface area contributed by atoms with Crippen molar-refractivity contribution in [2.75, 3.05) is 6.26 Å². The maximum atomic E-state index is 9.13. The predicted octanol–water partition coefficient (Wildman–Crippen LogP) is 6.41. The van der Waals surface area contributed by atoms with Gasteiger partial charge in [0.1, 0.15) is 6.07 Å². The Bertz CT molecular complexity index is 1300. The summed E-state index contributed by atoms with van der Waals surface area (Å²) in [5.41, 5.74) is 11.7. The third-order valence-corrected chi connectivity index (χ3v) is 6.44. The minimum Gasteiger partial charge on any atom is -0.404 e. The smallest absolute Gasteiger partial charge is 0.101 e. The van der Waals surface area contributed by atoms with Gasteiger partial charge in [0.25, 0.3) is 0 Å². The topological polar surface area (TPSA) is 61.8 Å². The van der Waals surface area contributed by atoms with E-state index in [4.69, 9.17) is 11.0 Å². The number of allylic oxidation sites excluding steroid dienone is 4. The van der Waals surface area contributed by atoms with Crippen LogP contribution in [0.5, 0.6) is 0 Å². The van der Waals surface area contributed by atoms with Crippen molar-refractivity contribution < 1.29 is 0 Å². The Hall–Kier alpha value is -3.68. The summed E-state index contributed by atoms with van der Waals surface area (Å²) in [6.45, 7) is 2.00. The van der Waals surface area contributed by atoms with Crippen LogP contribution in [-0.2, 0) is 0 Å². The van der Waals surface area contributed by atoms with E-state index in [1.165, 1.54) is 33.0 Å². The summed E-state index contributed by atoms with van der Waals surface area (Å²) in [6.07, 6.45) is 11.5. The lowest BCUT2D eigenvalue weighted by molar-refractivity contribution is 0.801. The van der Waals surface area contributed by atoms with E-state index in [9.17, 15) is 0 Å². The highest BCUT2D eigenvalue weighted by atomic mass is 32.2. The van der Waals surface area contributed by atoms with Gasteiger partial charge in [-0.1, -0.05) is 66.7 Å². The fourth-order valence-electron chi connectivity index (χ4n) is 3.96. The number of nitrogens with one attached hydrogen (secondary N) is 1. The summed E-state index contributed by atoms with van der Waals surface area (Å²) >= 11 is 1.77. The van der Waals surface area contributed by atoms with E-state index in [0.717, 1.165) is 16.8 Å². The Kier molecular flexibility index (Phi) is 6.49. The first kappa shape index (κ1) is 21.5. The Balaban J connectivity index is 1.63. The molecule has 0 bridgehead atoms. The Morgan fingerprint density at radius 1 is 1.06 bits per heavy atom. The second-order valence-corrected chi connectivity index (χ2v) is 8.50. The van der Waals surface area contributed by atoms with Crippen molar-refractivity contribution in [1.82, 2.24) is 5.32 Å². The van der Waals surface area contributed by atoms with E-state index >= 15 is 0 Å². The number of fused-ring (bicyclic) bond motifs is 1. The van der Waals surface area contributed by atoms with Gasteiger partial charge in [-0.15, -0.1) is 11.8 Å². The number of dihydropyridines is 1. The molecule has 0 spiro atoms. The quantitative estimate of drug-likeness (QED) is 0.276. The minimum absolute atomic E-state index is 0.0131. The van der Waals surface area contributed by atoms with Gasteiger partial charge in [0.05, 0.1) is 11.6 Å². The summed E-state index contributed by atoms with van der Waals surface area (Å²) in [5.74, 6) is 0. The molecule has 3 N–H and O–H groups in total. The molecule has 32 heavy (non-hydrogen) atoms. The molecule has 1 aliphatic heterocycles. The highest BCUT2D eigenvalue weighted by Crippen LogP contribution is 2.37. The Morgan fingerprint density at radius 2 is 1.81 bits per heavy atom. The maximum absolute atomic E-state index is 9.13. The van der Waals surface area contributed by atoms with Gasteiger partial charge in [-0.2, -0.15) is 5.26 Å². The molecule has 0 aromatic heterocycles. The molecule has 4 rings (SSSR count). The van der Waals surface area contributed by atoms with Crippen LogP contribution in [0.4, 0.5) is 0 Å². The molecule has 1 heterocycles. The molecular weight excluding hydrogens is 410 g/mol. The lowest BCUT2D eigenvalue weighted by Gasteiger charge is -2.23. The van der Waals surface area contributed by atoms with Crippen molar-refractivity contribution in [1.29, 1.82) is 5.26 Å². The van der Waals surface area contributed by atoms with Crippen molar-refractivity contribution in [2.24, 2.45) is 5.73 Å². The van der Waals surface area contributed by atoms with Crippen molar-refractivity contribution in [2.45, 2.75) is 17.9 Å². The van der Waals surface area contributed by atoms with Gasteiger partial charge in [-0.05, 0) is 58.9 Å². The largest absolute Gasteiger partial charge is 0.404 e. The second kappa shape index (κ2) is 9.64. The van der Waals surface area contributed by atoms with Crippen LogP contribution in [-0.4, -0.2) is 12.3 Å². The van der Waals surface area contributed by atoms with Crippen LogP contribution < -0.4 is 11.1 Å². The van der Waals surface area contributed by atoms with Gasteiger partial charge >= 0.3 is 0 Å². The van der Waals surface area contributed by atoms with Gasteiger partial charge in [-0.3, -0.25) is 0 Å². The van der Waals surface area contributed by atoms with E-state index in [0.29, 0.717) is 5.57 Å². The van der Waals surface area contributed by atoms with Crippen LogP contribution in [0.2, 0.25) is 0 Å². The average Bonchev–Trinajstić information content (AvgIpc) is 2.86. The van der Waals surface area contributed by atoms with Gasteiger partial charge in [0.2, 0.25) is 0 Å². The first-order valence-corrected chi connectivity index (χ1v) is 11.7. The number of hydrogen-bond acceptors (Lipinski definition) is 4. The normalized spacial score (nSPS) is 16.4. The monoisotopic (exact) mass is 435 g/mol. The van der Waals surface area contributed by atoms with Crippen LogP contribution in [0.1, 0.15) is 12.5 Å². The molecule has 0 aliphatic carbocycles. The zero-order valence-electron chi connectivity index (χ0n) is 18.2. The van der Waals surface area contributed by atoms with Gasteiger partial charge in [0.15, 0.2) is 0 Å². The van der Waals surface area contributed by atoms with Crippen molar-refractivity contribution in [3.8, 4) is 17.2 Å². The lowest BCUT2D eigenvalue weighted by Crippen LogP contribution is -2.28. The molecule has 3 aromatic carbocycles. The number of nitriles is 1. The molecule has 1 aliphatic rings. The Morgan fingerprint density at radius 3 is 2.53 bits per heavy atom. The van der Waals surface area contributed by atoms with Gasteiger partial charge in [-0.25, -0.2) is 0 Å². The molecule has 0 saturated carbocycles. The van der Waals surface area contributed by atoms with Gasteiger partial charge < -0.3 is 11.1 Å². The number of nitrogens with two attached hydrogens (primary N) is 1. The SMILES string of the molecule is CSc1ccc2ccccc2c1-c1ccc(C2=CC=CC(/C(C)=C/C(C#N)=C\N)N2)cc1. The second-order valence-electron chi connectivity index (χ2n) is 7.65. The number of hydrogen-bond donors (Lipinski definition) is 2. The van der Waals surface area contributed by atoms with Crippen LogP contribution in [0, 0.1) is 11.3 Å². The molecular formula is C28H25N3S. The van der Waals surface area contributed by atoms with E-state index in [1.807, 2.05) is 13.0 Å². The van der Waals surface area contributed by atoms with Crippen molar-refractivity contribution >= 4 is 28.2 Å². The number of benzene rings is 3. The molecule has 0 saturated heterocycles. The molecule has 158 valence electrons. The van der Waals surface area contributed by atoms with E-state index in [1.54, 1.807) is 11.8 Å². The summed E-state index contributed by atoms with van der Waals surface area (Å²) in [7, 11) is 0. The highest BCUT2D eigenvalue weighted by molar-refractivity contribution is 7.98. The third-order valence-electron chi connectivity index (χ3n) is 5.66. The standard InChI is InChI=1S/C28H25N3S/c1-19(16-20(17-29)18-30)25-8-5-9-26(31-25)22-10-12-23(13-11-22)28-24-7-4-3-6-21(24)14-15-27(28)32-2/h3-17,25,31H,29H2,1-2H3/b19-16+,20-17+.